The van der Waals surface area contributed by atoms with Gasteiger partial charge in [0.15, 0.2) is 0 Å². The van der Waals surface area contributed by atoms with Crippen molar-refractivity contribution in [2.75, 3.05) is 12.3 Å². The first-order chi connectivity index (χ1) is 8.15. The molecular formula is C13H16BrNO2. The Morgan fingerprint density at radius 1 is 1.47 bits per heavy atom. The lowest BCUT2D eigenvalue weighted by Crippen LogP contribution is -2.08. The Hall–Kier alpha value is -1.29. The third kappa shape index (κ3) is 4.61. The van der Waals surface area contributed by atoms with Gasteiger partial charge in [-0.3, -0.25) is 0 Å². The molecule has 0 amide bonds. The first-order valence-corrected chi connectivity index (χ1v) is 6.31. The molecule has 17 heavy (non-hydrogen) atoms. The number of ether oxygens (including phenoxy) is 1. The van der Waals surface area contributed by atoms with E-state index in [4.69, 9.17) is 10.5 Å². The van der Waals surface area contributed by atoms with Crippen LogP contribution in [0.25, 0.3) is 0 Å². The monoisotopic (exact) mass is 297 g/mol. The second-order valence-electron chi connectivity index (χ2n) is 3.54. The predicted molar refractivity (Wildman–Crippen MR) is 72.9 cm³/mol. The van der Waals surface area contributed by atoms with Gasteiger partial charge in [-0.15, -0.1) is 0 Å². The van der Waals surface area contributed by atoms with Crippen molar-refractivity contribution in [3.05, 3.63) is 40.4 Å². The molecule has 1 aromatic rings. The minimum absolute atomic E-state index is 0.376. The van der Waals surface area contributed by atoms with Gasteiger partial charge < -0.3 is 10.5 Å². The number of carbonyl (C=O) groups is 1. The molecule has 0 saturated carbocycles. The summed E-state index contributed by atoms with van der Waals surface area (Å²) in [7, 11) is 0. The van der Waals surface area contributed by atoms with Gasteiger partial charge in [-0.25, -0.2) is 4.79 Å². The maximum Gasteiger partial charge on any atom is 0.340 e. The third-order valence-electron chi connectivity index (χ3n) is 2.16. The standard InChI is InChI=1S/C13H16BrNO2/c1-2-3-4-5-8-17-13(16)11-9-10(14)6-7-12(11)15/h3-4,6-7,9H,2,5,8,15H2,1H3. The van der Waals surface area contributed by atoms with E-state index in [2.05, 4.69) is 22.9 Å². The maximum atomic E-state index is 11.7. The number of nitrogen functional groups attached to an aromatic ring is 1. The Balaban J connectivity index is 2.52. The van der Waals surface area contributed by atoms with Gasteiger partial charge in [-0.05, 0) is 31.0 Å². The average Bonchev–Trinajstić information content (AvgIpc) is 2.32. The van der Waals surface area contributed by atoms with E-state index < -0.39 is 0 Å². The van der Waals surface area contributed by atoms with Crippen LogP contribution in [0.5, 0.6) is 0 Å². The van der Waals surface area contributed by atoms with Crippen LogP contribution in [0.1, 0.15) is 30.1 Å². The minimum atomic E-state index is -0.381. The fourth-order valence-corrected chi connectivity index (χ4v) is 1.65. The molecule has 0 spiro atoms. The summed E-state index contributed by atoms with van der Waals surface area (Å²) in [6.45, 7) is 2.44. The van der Waals surface area contributed by atoms with E-state index in [0.717, 1.165) is 17.3 Å². The first kappa shape index (κ1) is 13.8. The van der Waals surface area contributed by atoms with Gasteiger partial charge in [0.2, 0.25) is 0 Å². The molecule has 3 nitrogen and oxygen atoms in total. The molecule has 0 bridgehead atoms. The van der Waals surface area contributed by atoms with Crippen LogP contribution in [0.2, 0.25) is 0 Å². The number of nitrogens with two attached hydrogens (primary N) is 1. The molecule has 0 unspecified atom stereocenters. The van der Waals surface area contributed by atoms with Gasteiger partial charge in [-0.2, -0.15) is 0 Å². The van der Waals surface area contributed by atoms with Crippen LogP contribution in [-0.2, 0) is 4.74 Å². The number of hydrogen-bond donors (Lipinski definition) is 1. The number of hydrogen-bond acceptors (Lipinski definition) is 3. The van der Waals surface area contributed by atoms with Crippen LogP contribution in [0.4, 0.5) is 5.69 Å². The van der Waals surface area contributed by atoms with E-state index in [1.54, 1.807) is 18.2 Å². The Kier molecular flexibility index (Phi) is 5.77. The van der Waals surface area contributed by atoms with E-state index in [-0.39, 0.29) is 5.97 Å². The molecule has 0 saturated heterocycles. The molecule has 0 radical (unpaired) electrons. The number of esters is 1. The van der Waals surface area contributed by atoms with Crippen LogP contribution in [0, 0.1) is 0 Å². The fraction of sp³-hybridized carbons (Fsp3) is 0.308. The molecule has 0 atom stereocenters. The van der Waals surface area contributed by atoms with E-state index in [0.29, 0.717) is 17.9 Å². The van der Waals surface area contributed by atoms with Crippen molar-refractivity contribution in [3.63, 3.8) is 0 Å². The van der Waals surface area contributed by atoms with Gasteiger partial charge >= 0.3 is 5.97 Å². The Labute approximate surface area is 110 Å². The average molecular weight is 298 g/mol. The molecule has 1 rings (SSSR count). The lowest BCUT2D eigenvalue weighted by atomic mass is 10.2. The number of rotatable bonds is 5. The van der Waals surface area contributed by atoms with E-state index in [1.165, 1.54) is 0 Å². The van der Waals surface area contributed by atoms with Gasteiger partial charge in [0, 0.05) is 10.2 Å². The molecule has 0 aliphatic heterocycles. The first-order valence-electron chi connectivity index (χ1n) is 5.52. The lowest BCUT2D eigenvalue weighted by molar-refractivity contribution is 0.0513. The minimum Gasteiger partial charge on any atom is -0.462 e. The van der Waals surface area contributed by atoms with Gasteiger partial charge in [0.05, 0.1) is 12.2 Å². The highest BCUT2D eigenvalue weighted by Crippen LogP contribution is 2.19. The summed E-state index contributed by atoms with van der Waals surface area (Å²) in [5.74, 6) is -0.381. The molecule has 0 heterocycles. The summed E-state index contributed by atoms with van der Waals surface area (Å²) >= 11 is 3.29. The lowest BCUT2D eigenvalue weighted by Gasteiger charge is -2.06. The maximum absolute atomic E-state index is 11.7. The fourth-order valence-electron chi connectivity index (χ4n) is 1.29. The second kappa shape index (κ2) is 7.12. The van der Waals surface area contributed by atoms with Crippen molar-refractivity contribution in [1.82, 2.24) is 0 Å². The van der Waals surface area contributed by atoms with E-state index >= 15 is 0 Å². The van der Waals surface area contributed by atoms with Crippen LogP contribution in [0.3, 0.4) is 0 Å². The van der Waals surface area contributed by atoms with E-state index in [1.807, 2.05) is 12.2 Å². The predicted octanol–water partition coefficient (Wildman–Crippen LogP) is 3.54. The summed E-state index contributed by atoms with van der Waals surface area (Å²) < 4.78 is 5.93. The number of halogens is 1. The number of anilines is 1. The van der Waals surface area contributed by atoms with Crippen LogP contribution in [0.15, 0.2) is 34.8 Å². The number of benzene rings is 1. The molecule has 0 aromatic heterocycles. The van der Waals surface area contributed by atoms with Crippen LogP contribution in [-0.4, -0.2) is 12.6 Å². The summed E-state index contributed by atoms with van der Waals surface area (Å²) in [4.78, 5) is 11.7. The molecule has 2 N–H and O–H groups in total. The van der Waals surface area contributed by atoms with Crippen molar-refractivity contribution in [2.45, 2.75) is 19.8 Å². The van der Waals surface area contributed by atoms with Crippen molar-refractivity contribution in [2.24, 2.45) is 0 Å². The zero-order valence-electron chi connectivity index (χ0n) is 9.78. The van der Waals surface area contributed by atoms with Crippen LogP contribution < -0.4 is 5.73 Å². The SMILES string of the molecule is CCC=CCCOC(=O)c1cc(Br)ccc1N. The quantitative estimate of drug-likeness (QED) is 0.391. The van der Waals surface area contributed by atoms with Crippen molar-refractivity contribution >= 4 is 27.6 Å². The number of allylic oxidation sites excluding steroid dienone is 1. The highest BCUT2D eigenvalue weighted by atomic mass is 79.9. The zero-order valence-corrected chi connectivity index (χ0v) is 11.4. The van der Waals surface area contributed by atoms with E-state index in [9.17, 15) is 4.79 Å². The second-order valence-corrected chi connectivity index (χ2v) is 4.45. The molecule has 0 aliphatic carbocycles. The Morgan fingerprint density at radius 3 is 2.94 bits per heavy atom. The zero-order chi connectivity index (χ0) is 12.7. The normalized spacial score (nSPS) is 10.7. The largest absolute Gasteiger partial charge is 0.462 e. The molecule has 0 aliphatic rings. The summed E-state index contributed by atoms with van der Waals surface area (Å²) in [5.41, 5.74) is 6.54. The highest BCUT2D eigenvalue weighted by Gasteiger charge is 2.10. The smallest absolute Gasteiger partial charge is 0.340 e. The summed E-state index contributed by atoms with van der Waals surface area (Å²) in [6.07, 6.45) is 5.76. The summed E-state index contributed by atoms with van der Waals surface area (Å²) in [6, 6.07) is 5.13. The molecule has 92 valence electrons. The molecule has 0 fully saturated rings. The van der Waals surface area contributed by atoms with Crippen LogP contribution >= 0.6 is 15.9 Å². The Bertz CT molecular complexity index is 416. The number of carbonyl (C=O) groups excluding carboxylic acids is 1. The van der Waals surface area contributed by atoms with Gasteiger partial charge in [0.25, 0.3) is 0 Å². The topological polar surface area (TPSA) is 52.3 Å². The van der Waals surface area contributed by atoms with Gasteiger partial charge in [-0.1, -0.05) is 35.0 Å². The summed E-state index contributed by atoms with van der Waals surface area (Å²) in [5, 5.41) is 0. The third-order valence-corrected chi connectivity index (χ3v) is 2.65. The molecule has 1 aromatic carbocycles. The van der Waals surface area contributed by atoms with Crippen molar-refractivity contribution < 1.29 is 9.53 Å². The van der Waals surface area contributed by atoms with Crippen molar-refractivity contribution in [1.29, 1.82) is 0 Å². The molecule has 4 heteroatoms. The van der Waals surface area contributed by atoms with Crippen molar-refractivity contribution in [3.8, 4) is 0 Å². The highest BCUT2D eigenvalue weighted by molar-refractivity contribution is 9.10. The Morgan fingerprint density at radius 2 is 2.24 bits per heavy atom. The molecular weight excluding hydrogens is 282 g/mol. The van der Waals surface area contributed by atoms with Gasteiger partial charge in [0.1, 0.15) is 0 Å².